The third-order valence-corrected chi connectivity index (χ3v) is 4.76. The second-order valence-corrected chi connectivity index (χ2v) is 8.61. The molecule has 1 amide bonds. The van der Waals surface area contributed by atoms with Crippen LogP contribution in [-0.2, 0) is 19.1 Å². The molecule has 0 fully saturated rings. The number of benzene rings is 1. The van der Waals surface area contributed by atoms with Crippen LogP contribution in [-0.4, -0.2) is 35.4 Å². The normalized spacial score (nSPS) is 17.9. The molecule has 4 N–H and O–H groups in total. The van der Waals surface area contributed by atoms with Crippen molar-refractivity contribution in [3.63, 3.8) is 0 Å². The number of hydrogen-bond acceptors (Lipinski definition) is 7. The number of nitrogens with one attached hydrogen (secondary N) is 2. The molecule has 0 saturated heterocycles. The molecule has 2 rings (SSSR count). The maximum atomic E-state index is 12.6. The standard InChI is InChI=1S/C24H32N4O5/c1-5-24(33-21(30)10-9-20(29)32-23(2,3)4)13-11-18(12-14-24)28-22(31)17-7-6-8-19(15-17)26-16-27-25/h6-8,11-13,15-16H,5,9-10,14,25H2,1-4H3,(H,26,27)(H,28,31). The van der Waals surface area contributed by atoms with Crippen molar-refractivity contribution in [2.24, 2.45) is 10.8 Å². The zero-order valence-electron chi connectivity index (χ0n) is 19.5. The van der Waals surface area contributed by atoms with Crippen LogP contribution in [0.3, 0.4) is 0 Å². The van der Waals surface area contributed by atoms with Gasteiger partial charge in [-0.1, -0.05) is 19.1 Å². The fraction of sp³-hybridized carbons (Fsp3) is 0.417. The minimum atomic E-state index is -0.816. The van der Waals surface area contributed by atoms with Crippen molar-refractivity contribution in [3.8, 4) is 0 Å². The minimum absolute atomic E-state index is 0.0405. The summed E-state index contributed by atoms with van der Waals surface area (Å²) in [5.74, 6) is 3.96. The highest BCUT2D eigenvalue weighted by Gasteiger charge is 2.31. The molecule has 1 aliphatic carbocycles. The van der Waals surface area contributed by atoms with Gasteiger partial charge < -0.3 is 20.2 Å². The summed E-state index contributed by atoms with van der Waals surface area (Å²) in [7, 11) is 0. The van der Waals surface area contributed by atoms with Gasteiger partial charge in [0, 0.05) is 17.7 Å². The van der Waals surface area contributed by atoms with Crippen LogP contribution in [0.25, 0.3) is 0 Å². The summed E-state index contributed by atoms with van der Waals surface area (Å²) in [4.78, 5) is 40.8. The molecule has 0 spiro atoms. The van der Waals surface area contributed by atoms with E-state index in [1.165, 1.54) is 6.34 Å². The van der Waals surface area contributed by atoms with Crippen LogP contribution in [0, 0.1) is 0 Å². The number of amides is 1. The monoisotopic (exact) mass is 456 g/mol. The quantitative estimate of drug-likeness (QED) is 0.171. The number of hydrogen-bond donors (Lipinski definition) is 3. The summed E-state index contributed by atoms with van der Waals surface area (Å²) >= 11 is 0. The van der Waals surface area contributed by atoms with Crippen LogP contribution < -0.4 is 16.6 Å². The van der Waals surface area contributed by atoms with Crippen molar-refractivity contribution in [3.05, 3.63) is 53.8 Å². The summed E-state index contributed by atoms with van der Waals surface area (Å²) < 4.78 is 10.9. The number of aliphatic imine (C=N–C) groups is 1. The Balaban J connectivity index is 1.92. The Hall–Kier alpha value is -3.46. The first kappa shape index (κ1) is 25.8. The molecular weight excluding hydrogens is 424 g/mol. The number of carbonyl (C=O) groups is 3. The van der Waals surface area contributed by atoms with Gasteiger partial charge in [0.05, 0.1) is 18.5 Å². The van der Waals surface area contributed by atoms with E-state index >= 15 is 0 Å². The Morgan fingerprint density at radius 3 is 2.55 bits per heavy atom. The lowest BCUT2D eigenvalue weighted by atomic mass is 9.91. The highest BCUT2D eigenvalue weighted by molar-refractivity contribution is 5.96. The lowest BCUT2D eigenvalue weighted by Gasteiger charge is -2.31. The number of ether oxygens (including phenoxy) is 2. The number of nitrogens with two attached hydrogens (primary N) is 1. The maximum Gasteiger partial charge on any atom is 0.307 e. The molecule has 9 heteroatoms. The smallest absolute Gasteiger partial charge is 0.307 e. The molecule has 0 heterocycles. The van der Waals surface area contributed by atoms with Crippen LogP contribution in [0.1, 0.15) is 63.7 Å². The number of hydrazine groups is 1. The summed E-state index contributed by atoms with van der Waals surface area (Å²) in [6.07, 6.45) is 7.46. The van der Waals surface area contributed by atoms with Gasteiger partial charge in [-0.15, -0.1) is 0 Å². The average Bonchev–Trinajstić information content (AvgIpc) is 2.77. The first-order valence-electron chi connectivity index (χ1n) is 10.8. The predicted octanol–water partition coefficient (Wildman–Crippen LogP) is 3.20. The van der Waals surface area contributed by atoms with E-state index in [0.29, 0.717) is 29.8 Å². The molecule has 0 radical (unpaired) electrons. The van der Waals surface area contributed by atoms with E-state index < -0.39 is 23.1 Å². The van der Waals surface area contributed by atoms with Gasteiger partial charge in [-0.2, -0.15) is 0 Å². The van der Waals surface area contributed by atoms with Crippen molar-refractivity contribution in [2.75, 3.05) is 0 Å². The van der Waals surface area contributed by atoms with Crippen molar-refractivity contribution < 1.29 is 23.9 Å². The van der Waals surface area contributed by atoms with E-state index in [4.69, 9.17) is 15.3 Å². The molecular formula is C24H32N4O5. The highest BCUT2D eigenvalue weighted by atomic mass is 16.6. The van der Waals surface area contributed by atoms with E-state index in [2.05, 4.69) is 15.7 Å². The average molecular weight is 457 g/mol. The molecule has 0 aliphatic heterocycles. The van der Waals surface area contributed by atoms with Gasteiger partial charge in [0.15, 0.2) is 0 Å². The van der Waals surface area contributed by atoms with Crippen molar-refractivity contribution in [2.45, 2.75) is 64.6 Å². The Kier molecular flexibility index (Phi) is 8.93. The van der Waals surface area contributed by atoms with Crippen molar-refractivity contribution in [1.29, 1.82) is 0 Å². The SMILES string of the molecule is CCC1(OC(=O)CCC(=O)OC(C)(C)C)C=CC(NC(=O)c2cccc(N=CNN)c2)=CC1. The number of esters is 2. The van der Waals surface area contributed by atoms with Crippen LogP contribution in [0.5, 0.6) is 0 Å². The predicted molar refractivity (Wildman–Crippen MR) is 125 cm³/mol. The molecule has 1 atom stereocenters. The molecule has 178 valence electrons. The summed E-state index contributed by atoms with van der Waals surface area (Å²) in [6, 6.07) is 6.79. The van der Waals surface area contributed by atoms with Crippen molar-refractivity contribution in [1.82, 2.24) is 10.7 Å². The summed E-state index contributed by atoms with van der Waals surface area (Å²) in [6.45, 7) is 7.23. The number of carbonyl (C=O) groups excluding carboxylic acids is 3. The van der Waals surface area contributed by atoms with Crippen LogP contribution >= 0.6 is 0 Å². The molecule has 1 aromatic carbocycles. The Morgan fingerprint density at radius 1 is 1.21 bits per heavy atom. The minimum Gasteiger partial charge on any atom is -0.460 e. The Labute approximate surface area is 194 Å². The number of nitrogens with zero attached hydrogens (tertiary/aromatic N) is 1. The van der Waals surface area contributed by atoms with Crippen LogP contribution in [0.15, 0.2) is 53.2 Å². The second kappa shape index (κ2) is 11.4. The molecule has 1 aliphatic rings. The van der Waals surface area contributed by atoms with Crippen molar-refractivity contribution >= 4 is 29.9 Å². The zero-order chi connectivity index (χ0) is 24.5. The van der Waals surface area contributed by atoms with Gasteiger partial charge in [-0.25, -0.2) is 10.8 Å². The topological polar surface area (TPSA) is 132 Å². The number of allylic oxidation sites excluding steroid dienone is 1. The molecule has 1 aromatic rings. The third-order valence-electron chi connectivity index (χ3n) is 4.76. The first-order valence-corrected chi connectivity index (χ1v) is 10.8. The molecule has 33 heavy (non-hydrogen) atoms. The highest BCUT2D eigenvalue weighted by Crippen LogP contribution is 2.29. The molecule has 1 unspecified atom stereocenters. The van der Waals surface area contributed by atoms with Gasteiger partial charge in [-0.05, 0) is 57.5 Å². The summed E-state index contributed by atoms with van der Waals surface area (Å²) in [5, 5.41) is 2.84. The van der Waals surface area contributed by atoms with E-state index in [1.54, 1.807) is 57.2 Å². The largest absolute Gasteiger partial charge is 0.460 e. The first-order chi connectivity index (χ1) is 15.6. The lowest BCUT2D eigenvalue weighted by Crippen LogP contribution is -2.35. The van der Waals surface area contributed by atoms with Gasteiger partial charge in [0.25, 0.3) is 5.91 Å². The number of rotatable bonds is 9. The van der Waals surface area contributed by atoms with E-state index in [9.17, 15) is 14.4 Å². The molecule has 0 saturated carbocycles. The molecule has 0 bridgehead atoms. The van der Waals surface area contributed by atoms with E-state index in [1.807, 2.05) is 13.0 Å². The second-order valence-electron chi connectivity index (χ2n) is 8.61. The van der Waals surface area contributed by atoms with E-state index in [0.717, 1.165) is 0 Å². The van der Waals surface area contributed by atoms with Gasteiger partial charge >= 0.3 is 11.9 Å². The third kappa shape index (κ3) is 8.53. The zero-order valence-corrected chi connectivity index (χ0v) is 19.5. The Bertz CT molecular complexity index is 962. The van der Waals surface area contributed by atoms with Crippen LogP contribution in [0.2, 0.25) is 0 Å². The lowest BCUT2D eigenvalue weighted by molar-refractivity contribution is -0.162. The molecule has 9 nitrogen and oxygen atoms in total. The Morgan fingerprint density at radius 2 is 1.94 bits per heavy atom. The summed E-state index contributed by atoms with van der Waals surface area (Å²) in [5.41, 5.74) is 2.52. The maximum absolute atomic E-state index is 12.6. The van der Waals surface area contributed by atoms with Gasteiger partial charge in [-0.3, -0.25) is 14.4 Å². The van der Waals surface area contributed by atoms with Gasteiger partial charge in [0.1, 0.15) is 17.5 Å². The fourth-order valence-electron chi connectivity index (χ4n) is 3.08. The van der Waals surface area contributed by atoms with Gasteiger partial charge in [0.2, 0.25) is 0 Å². The van der Waals surface area contributed by atoms with E-state index in [-0.39, 0.29) is 18.7 Å². The molecule has 0 aromatic heterocycles. The fourth-order valence-corrected chi connectivity index (χ4v) is 3.08. The van der Waals surface area contributed by atoms with Crippen LogP contribution in [0.4, 0.5) is 5.69 Å².